The molecule has 3 rings (SSSR count). The zero-order valence-corrected chi connectivity index (χ0v) is 12.9. The van der Waals surface area contributed by atoms with E-state index in [1.807, 2.05) is 42.5 Å². The van der Waals surface area contributed by atoms with E-state index in [4.69, 9.17) is 10.5 Å². The van der Waals surface area contributed by atoms with Gasteiger partial charge in [-0.15, -0.1) is 0 Å². The van der Waals surface area contributed by atoms with Gasteiger partial charge in [-0.05, 0) is 55.9 Å². The van der Waals surface area contributed by atoms with E-state index in [0.717, 1.165) is 42.5 Å². The molecule has 0 amide bonds. The Bertz CT molecular complexity index is 577. The molecule has 0 aliphatic heterocycles. The third-order valence-electron chi connectivity index (χ3n) is 4.30. The summed E-state index contributed by atoms with van der Waals surface area (Å²) < 4.78 is 5.87. The van der Waals surface area contributed by atoms with E-state index in [9.17, 15) is 0 Å². The van der Waals surface area contributed by atoms with Crippen LogP contribution >= 0.6 is 0 Å². The largest absolute Gasteiger partial charge is 0.457 e. The number of hydrogen-bond donors (Lipinski definition) is 2. The van der Waals surface area contributed by atoms with Gasteiger partial charge in [-0.3, -0.25) is 0 Å². The summed E-state index contributed by atoms with van der Waals surface area (Å²) in [4.78, 5) is 0. The van der Waals surface area contributed by atoms with Crippen molar-refractivity contribution in [2.24, 2.45) is 11.7 Å². The van der Waals surface area contributed by atoms with E-state index in [1.165, 1.54) is 12.8 Å². The molecule has 2 aromatic rings. The molecule has 0 unspecified atom stereocenters. The van der Waals surface area contributed by atoms with Gasteiger partial charge in [0.1, 0.15) is 11.5 Å². The van der Waals surface area contributed by atoms with Crippen LogP contribution in [0.25, 0.3) is 0 Å². The Labute approximate surface area is 132 Å². The minimum Gasteiger partial charge on any atom is -0.457 e. The summed E-state index contributed by atoms with van der Waals surface area (Å²) in [5, 5.41) is 3.53. The highest BCUT2D eigenvalue weighted by molar-refractivity contribution is 5.49. The van der Waals surface area contributed by atoms with Gasteiger partial charge in [-0.1, -0.05) is 24.3 Å². The van der Waals surface area contributed by atoms with Crippen LogP contribution in [0.5, 0.6) is 11.5 Å². The lowest BCUT2D eigenvalue weighted by atomic mass is 9.86. The molecule has 0 aromatic heterocycles. The Morgan fingerprint density at radius 1 is 0.909 bits per heavy atom. The topological polar surface area (TPSA) is 47.3 Å². The number of para-hydroxylation sites is 1. The SMILES string of the molecule is N[C@H]1CC[C@H](CNc2cccc(Oc3ccccc3)c2)CC1. The molecule has 0 atom stereocenters. The van der Waals surface area contributed by atoms with Gasteiger partial charge >= 0.3 is 0 Å². The highest BCUT2D eigenvalue weighted by atomic mass is 16.5. The van der Waals surface area contributed by atoms with E-state index in [-0.39, 0.29) is 0 Å². The highest BCUT2D eigenvalue weighted by Gasteiger charge is 2.18. The van der Waals surface area contributed by atoms with Crippen molar-refractivity contribution in [1.29, 1.82) is 0 Å². The van der Waals surface area contributed by atoms with Crippen LogP contribution in [-0.4, -0.2) is 12.6 Å². The van der Waals surface area contributed by atoms with Crippen molar-refractivity contribution in [3.63, 3.8) is 0 Å². The molecule has 3 N–H and O–H groups in total. The van der Waals surface area contributed by atoms with Crippen molar-refractivity contribution in [2.75, 3.05) is 11.9 Å². The molecular formula is C19H24N2O. The van der Waals surface area contributed by atoms with Gasteiger partial charge in [0.15, 0.2) is 0 Å². The van der Waals surface area contributed by atoms with Crippen molar-refractivity contribution in [3.8, 4) is 11.5 Å². The average Bonchev–Trinajstić information content (AvgIpc) is 2.56. The van der Waals surface area contributed by atoms with Gasteiger partial charge in [0, 0.05) is 24.3 Å². The predicted octanol–water partition coefficient (Wildman–Crippen LogP) is 4.41. The summed E-state index contributed by atoms with van der Waals surface area (Å²) in [7, 11) is 0. The molecular weight excluding hydrogens is 272 g/mol. The third kappa shape index (κ3) is 4.25. The first-order valence-corrected chi connectivity index (χ1v) is 8.12. The van der Waals surface area contributed by atoms with Gasteiger partial charge in [-0.2, -0.15) is 0 Å². The molecule has 1 aliphatic rings. The van der Waals surface area contributed by atoms with Crippen LogP contribution in [0.3, 0.4) is 0 Å². The molecule has 3 heteroatoms. The fourth-order valence-electron chi connectivity index (χ4n) is 2.95. The lowest BCUT2D eigenvalue weighted by Gasteiger charge is -2.26. The zero-order chi connectivity index (χ0) is 15.2. The van der Waals surface area contributed by atoms with Crippen molar-refractivity contribution in [2.45, 2.75) is 31.7 Å². The Balaban J connectivity index is 1.55. The van der Waals surface area contributed by atoms with Gasteiger partial charge in [0.25, 0.3) is 0 Å². The zero-order valence-electron chi connectivity index (χ0n) is 12.9. The summed E-state index contributed by atoms with van der Waals surface area (Å²) >= 11 is 0. The molecule has 0 radical (unpaired) electrons. The summed E-state index contributed by atoms with van der Waals surface area (Å²) in [6, 6.07) is 18.4. The standard InChI is InChI=1S/C19H24N2O/c20-16-11-9-15(10-12-16)14-21-17-5-4-8-19(13-17)22-18-6-2-1-3-7-18/h1-8,13,15-16,21H,9-12,14,20H2/t15-,16-. The Morgan fingerprint density at radius 2 is 1.64 bits per heavy atom. The molecule has 0 bridgehead atoms. The van der Waals surface area contributed by atoms with E-state index in [2.05, 4.69) is 17.4 Å². The van der Waals surface area contributed by atoms with Crippen molar-refractivity contribution < 1.29 is 4.74 Å². The van der Waals surface area contributed by atoms with Crippen LogP contribution in [-0.2, 0) is 0 Å². The maximum Gasteiger partial charge on any atom is 0.129 e. The molecule has 1 fully saturated rings. The number of anilines is 1. The van der Waals surface area contributed by atoms with Gasteiger partial charge < -0.3 is 15.8 Å². The Kier molecular flexibility index (Phi) is 4.96. The smallest absolute Gasteiger partial charge is 0.129 e. The van der Waals surface area contributed by atoms with E-state index in [1.54, 1.807) is 0 Å². The number of nitrogens with two attached hydrogens (primary N) is 1. The number of nitrogens with one attached hydrogen (secondary N) is 1. The van der Waals surface area contributed by atoms with Crippen molar-refractivity contribution in [3.05, 3.63) is 54.6 Å². The number of hydrogen-bond acceptors (Lipinski definition) is 3. The second-order valence-electron chi connectivity index (χ2n) is 6.10. The second kappa shape index (κ2) is 7.32. The molecule has 1 aliphatic carbocycles. The third-order valence-corrected chi connectivity index (χ3v) is 4.30. The van der Waals surface area contributed by atoms with Crippen LogP contribution in [0.15, 0.2) is 54.6 Å². The fraction of sp³-hybridized carbons (Fsp3) is 0.368. The van der Waals surface area contributed by atoms with Crippen LogP contribution in [0, 0.1) is 5.92 Å². The maximum absolute atomic E-state index is 5.96. The van der Waals surface area contributed by atoms with Crippen LogP contribution in [0.1, 0.15) is 25.7 Å². The lowest BCUT2D eigenvalue weighted by Crippen LogP contribution is -2.29. The summed E-state index contributed by atoms with van der Waals surface area (Å²) in [5.41, 5.74) is 7.07. The normalized spacial score (nSPS) is 21.3. The molecule has 1 saturated carbocycles. The number of rotatable bonds is 5. The quantitative estimate of drug-likeness (QED) is 0.859. The minimum atomic E-state index is 0.416. The van der Waals surface area contributed by atoms with Crippen LogP contribution in [0.4, 0.5) is 5.69 Å². The van der Waals surface area contributed by atoms with Gasteiger partial charge in [0.05, 0.1) is 0 Å². The number of benzene rings is 2. The van der Waals surface area contributed by atoms with Crippen LogP contribution in [0.2, 0.25) is 0 Å². The first-order chi connectivity index (χ1) is 10.8. The van der Waals surface area contributed by atoms with E-state index in [0.29, 0.717) is 6.04 Å². The van der Waals surface area contributed by atoms with E-state index >= 15 is 0 Å². The van der Waals surface area contributed by atoms with Gasteiger partial charge in [-0.25, -0.2) is 0 Å². The highest BCUT2D eigenvalue weighted by Crippen LogP contribution is 2.26. The first kappa shape index (κ1) is 14.9. The summed E-state index contributed by atoms with van der Waals surface area (Å²) in [5.74, 6) is 2.46. The first-order valence-electron chi connectivity index (χ1n) is 8.12. The maximum atomic E-state index is 5.96. The number of ether oxygens (including phenoxy) is 1. The molecule has 22 heavy (non-hydrogen) atoms. The molecule has 2 aromatic carbocycles. The van der Waals surface area contributed by atoms with Crippen molar-refractivity contribution >= 4 is 5.69 Å². The van der Waals surface area contributed by atoms with Crippen molar-refractivity contribution in [1.82, 2.24) is 0 Å². The Morgan fingerprint density at radius 3 is 2.41 bits per heavy atom. The molecule has 0 heterocycles. The minimum absolute atomic E-state index is 0.416. The van der Waals surface area contributed by atoms with Gasteiger partial charge in [0.2, 0.25) is 0 Å². The molecule has 116 valence electrons. The summed E-state index contributed by atoms with van der Waals surface area (Å²) in [6.45, 7) is 1.02. The second-order valence-corrected chi connectivity index (χ2v) is 6.10. The average molecular weight is 296 g/mol. The fourth-order valence-corrected chi connectivity index (χ4v) is 2.95. The summed E-state index contributed by atoms with van der Waals surface area (Å²) in [6.07, 6.45) is 4.77. The predicted molar refractivity (Wildman–Crippen MR) is 91.4 cm³/mol. The van der Waals surface area contributed by atoms with Crippen LogP contribution < -0.4 is 15.8 Å². The Hall–Kier alpha value is -2.00. The lowest BCUT2D eigenvalue weighted by molar-refractivity contribution is 0.339. The molecule has 0 saturated heterocycles. The molecule has 0 spiro atoms. The molecule has 3 nitrogen and oxygen atoms in total. The monoisotopic (exact) mass is 296 g/mol. The van der Waals surface area contributed by atoms with E-state index < -0.39 is 0 Å².